The van der Waals surface area contributed by atoms with Gasteiger partial charge >= 0.3 is 15.2 Å². The van der Waals surface area contributed by atoms with Gasteiger partial charge in [-0.1, -0.05) is 54.6 Å². The number of benzene rings is 2. The summed E-state index contributed by atoms with van der Waals surface area (Å²) < 4.78 is 50.5. The molecule has 11 heteroatoms. The van der Waals surface area contributed by atoms with E-state index in [0.29, 0.717) is 11.1 Å². The molecule has 0 amide bonds. The molecule has 1 aliphatic rings. The van der Waals surface area contributed by atoms with Crippen LogP contribution >= 0.6 is 15.2 Å². The minimum Gasteiger partial charge on any atom is -0.307 e. The molecule has 0 spiro atoms. The highest BCUT2D eigenvalue weighted by Gasteiger charge is 2.68. The summed E-state index contributed by atoms with van der Waals surface area (Å²) in [6, 6.07) is 16.6. The lowest BCUT2D eigenvalue weighted by molar-refractivity contribution is 0.106. The van der Waals surface area contributed by atoms with Crippen molar-refractivity contribution in [3.05, 3.63) is 60.2 Å². The summed E-state index contributed by atoms with van der Waals surface area (Å²) in [6.07, 6.45) is -0.330. The number of rotatable bonds is 13. The van der Waals surface area contributed by atoms with Crippen LogP contribution in [-0.4, -0.2) is 42.9 Å². The number of nitrogens with one attached hydrogen (secondary N) is 1. The Morgan fingerprint density at radius 2 is 1.31 bits per heavy atom. The number of carbonyl (C=O) groups is 1. The molecule has 0 fully saturated rings. The van der Waals surface area contributed by atoms with Crippen molar-refractivity contribution >= 4 is 26.7 Å². The van der Waals surface area contributed by atoms with Gasteiger partial charge in [0.1, 0.15) is 5.71 Å². The maximum absolute atomic E-state index is 14.1. The van der Waals surface area contributed by atoms with Crippen LogP contribution in [0, 0.1) is 0 Å². The third-order valence-corrected chi connectivity index (χ3v) is 11.6. The Bertz CT molecular complexity index is 1100. The second-order valence-electron chi connectivity index (χ2n) is 7.57. The van der Waals surface area contributed by atoms with Gasteiger partial charge in [-0.25, -0.2) is 0 Å². The van der Waals surface area contributed by atoms with Crippen LogP contribution in [0.15, 0.2) is 59.7 Å². The molecule has 2 aromatic carbocycles. The Kier molecular flexibility index (Phi) is 9.22. The van der Waals surface area contributed by atoms with Gasteiger partial charge in [0.05, 0.1) is 26.4 Å². The Hall–Kier alpha value is -2.12. The summed E-state index contributed by atoms with van der Waals surface area (Å²) in [5.41, 5.74) is 4.69. The predicted molar refractivity (Wildman–Crippen MR) is 136 cm³/mol. The lowest BCUT2D eigenvalue weighted by Gasteiger charge is -2.38. The van der Waals surface area contributed by atoms with Gasteiger partial charge in [-0.3, -0.25) is 19.4 Å². The van der Waals surface area contributed by atoms with E-state index in [2.05, 4.69) is 10.5 Å². The third-order valence-electron chi connectivity index (χ3n) is 5.40. The van der Waals surface area contributed by atoms with Gasteiger partial charge in [0.2, 0.25) is 5.78 Å². The fourth-order valence-corrected chi connectivity index (χ4v) is 9.24. The van der Waals surface area contributed by atoms with E-state index in [4.69, 9.17) is 18.1 Å². The van der Waals surface area contributed by atoms with Gasteiger partial charge in [-0.2, -0.15) is 5.10 Å². The molecule has 1 aliphatic heterocycles. The molecule has 0 bridgehead atoms. The van der Waals surface area contributed by atoms with E-state index in [1.54, 1.807) is 39.8 Å². The van der Waals surface area contributed by atoms with Crippen LogP contribution in [0.25, 0.3) is 11.1 Å². The number of hydrogen-bond donors (Lipinski definition) is 1. The summed E-state index contributed by atoms with van der Waals surface area (Å²) in [5, 5.41) is 2.21. The smallest absolute Gasteiger partial charge is 0.307 e. The van der Waals surface area contributed by atoms with Gasteiger partial charge in [-0.15, -0.1) is 0 Å². The summed E-state index contributed by atoms with van der Waals surface area (Å²) in [7, 11) is -8.42. The Balaban J connectivity index is 2.09. The van der Waals surface area contributed by atoms with Gasteiger partial charge in [-0.05, 0) is 38.8 Å². The Morgan fingerprint density at radius 1 is 0.829 bits per heavy atom. The Labute approximate surface area is 206 Å². The van der Waals surface area contributed by atoms with E-state index in [0.717, 1.165) is 5.56 Å². The van der Waals surface area contributed by atoms with Crippen molar-refractivity contribution in [1.29, 1.82) is 0 Å². The molecule has 0 unspecified atom stereocenters. The fourth-order valence-electron chi connectivity index (χ4n) is 3.95. The normalized spacial score (nSPS) is 15.5. The zero-order valence-corrected chi connectivity index (χ0v) is 22.2. The first-order chi connectivity index (χ1) is 16.8. The molecule has 3 rings (SSSR count). The summed E-state index contributed by atoms with van der Waals surface area (Å²) in [5.74, 6) is -0.405. The molecular formula is C24H32N2O7P2. The molecule has 0 saturated carbocycles. The van der Waals surface area contributed by atoms with Crippen LogP contribution in [0.1, 0.15) is 44.5 Å². The molecule has 2 aromatic rings. The zero-order chi connectivity index (χ0) is 25.5. The van der Waals surface area contributed by atoms with Crippen molar-refractivity contribution in [2.45, 2.75) is 39.1 Å². The first kappa shape index (κ1) is 27.5. The number of Topliss-reactive ketones (excluding diaryl/α,β-unsaturated/α-hetero) is 1. The molecule has 1 heterocycles. The number of hydrogen-bond acceptors (Lipinski definition) is 9. The minimum atomic E-state index is -4.21. The molecule has 0 aromatic heterocycles. The van der Waals surface area contributed by atoms with Crippen molar-refractivity contribution in [1.82, 2.24) is 5.43 Å². The fraction of sp³-hybridized carbons (Fsp3) is 0.417. The molecule has 35 heavy (non-hydrogen) atoms. The first-order valence-electron chi connectivity index (χ1n) is 11.6. The molecule has 0 saturated heterocycles. The highest BCUT2D eigenvalue weighted by molar-refractivity contribution is 7.74. The number of ketones is 1. The lowest BCUT2D eigenvalue weighted by Crippen LogP contribution is -2.42. The minimum absolute atomic E-state index is 0.0130. The van der Waals surface area contributed by atoms with Crippen LogP contribution in [-0.2, 0) is 27.2 Å². The highest BCUT2D eigenvalue weighted by atomic mass is 31.2. The van der Waals surface area contributed by atoms with E-state index in [-0.39, 0.29) is 38.6 Å². The van der Waals surface area contributed by atoms with Crippen LogP contribution in [0.4, 0.5) is 0 Å². The van der Waals surface area contributed by atoms with Gasteiger partial charge < -0.3 is 18.1 Å². The van der Waals surface area contributed by atoms with Crippen molar-refractivity contribution in [3.63, 3.8) is 0 Å². The largest absolute Gasteiger partial charge is 0.370 e. The van der Waals surface area contributed by atoms with Gasteiger partial charge in [0, 0.05) is 12.0 Å². The molecule has 0 atom stereocenters. The van der Waals surface area contributed by atoms with Crippen molar-refractivity contribution in [2.75, 3.05) is 26.4 Å². The van der Waals surface area contributed by atoms with Crippen LogP contribution in [0.5, 0.6) is 0 Å². The SMILES string of the molecule is CCOP(=O)(OCC)C1(P(=O)(OCC)OCC)CC(C(=O)c2ccccc2-c2ccccc2)=NN1. The summed E-state index contributed by atoms with van der Waals surface area (Å²) >= 11 is 0. The molecule has 0 aliphatic carbocycles. The number of hydrazone groups is 1. The van der Waals surface area contributed by atoms with E-state index < -0.39 is 26.0 Å². The van der Waals surface area contributed by atoms with E-state index in [1.807, 2.05) is 42.5 Å². The van der Waals surface area contributed by atoms with Crippen LogP contribution in [0.3, 0.4) is 0 Å². The topological polar surface area (TPSA) is 113 Å². The van der Waals surface area contributed by atoms with Crippen LogP contribution in [0.2, 0.25) is 0 Å². The average molecular weight is 522 g/mol. The summed E-state index contributed by atoms with van der Waals surface area (Å²) in [6.45, 7) is 6.62. The maximum Gasteiger partial charge on any atom is 0.370 e. The average Bonchev–Trinajstić information content (AvgIpc) is 3.33. The zero-order valence-electron chi connectivity index (χ0n) is 20.4. The molecule has 1 N–H and O–H groups in total. The summed E-state index contributed by atoms with van der Waals surface area (Å²) in [4.78, 5) is 13.7. The molecule has 190 valence electrons. The van der Waals surface area contributed by atoms with Gasteiger partial charge in [0.15, 0.2) is 0 Å². The Morgan fingerprint density at radius 3 is 1.83 bits per heavy atom. The molecule has 9 nitrogen and oxygen atoms in total. The molecular weight excluding hydrogens is 490 g/mol. The first-order valence-corrected chi connectivity index (χ1v) is 14.7. The number of carbonyl (C=O) groups excluding carboxylic acids is 1. The van der Waals surface area contributed by atoms with Crippen molar-refractivity contribution in [2.24, 2.45) is 5.10 Å². The second-order valence-corrected chi connectivity index (χ2v) is 12.5. The van der Waals surface area contributed by atoms with E-state index in [9.17, 15) is 13.9 Å². The van der Waals surface area contributed by atoms with Gasteiger partial charge in [0.25, 0.3) is 5.02 Å². The third kappa shape index (κ3) is 5.21. The standard InChI is InChI=1S/C24H32N2O7P2/c1-5-30-34(28,31-6-2)24(35(29,32-7-3)33-8-4)18-22(25-26-24)23(27)21-17-13-12-16-20(21)19-14-10-9-11-15-19/h9-17,26H,5-8,18H2,1-4H3. The quantitative estimate of drug-likeness (QED) is 0.249. The highest BCUT2D eigenvalue weighted by Crippen LogP contribution is 2.78. The van der Waals surface area contributed by atoms with Crippen molar-refractivity contribution < 1.29 is 32.0 Å². The second kappa shape index (κ2) is 11.7. The van der Waals surface area contributed by atoms with E-state index >= 15 is 0 Å². The van der Waals surface area contributed by atoms with Crippen LogP contribution < -0.4 is 5.43 Å². The predicted octanol–water partition coefficient (Wildman–Crippen LogP) is 6.07. The van der Waals surface area contributed by atoms with Crippen molar-refractivity contribution in [3.8, 4) is 11.1 Å². The lowest BCUT2D eigenvalue weighted by atomic mass is 9.94. The maximum atomic E-state index is 14.1. The monoisotopic (exact) mass is 522 g/mol. The molecule has 0 radical (unpaired) electrons. The van der Waals surface area contributed by atoms with E-state index in [1.165, 1.54) is 0 Å². The number of nitrogens with zero attached hydrogens (tertiary/aromatic N) is 1.